The highest BCUT2D eigenvalue weighted by Crippen LogP contribution is 2.47. The van der Waals surface area contributed by atoms with E-state index in [1.54, 1.807) is 6.07 Å². The van der Waals surface area contributed by atoms with Crippen LogP contribution >= 0.6 is 15.9 Å². The molecule has 2 N–H and O–H groups in total. The fourth-order valence-electron chi connectivity index (χ4n) is 2.68. The topological polar surface area (TPSA) is 103 Å². The number of carbonyl (C=O) groups is 1. The van der Waals surface area contributed by atoms with E-state index in [0.717, 1.165) is 0 Å². The van der Waals surface area contributed by atoms with Crippen LogP contribution in [0.2, 0.25) is 0 Å². The lowest BCUT2D eigenvalue weighted by Gasteiger charge is -2.40. The molecule has 1 aromatic carbocycles. The van der Waals surface area contributed by atoms with Crippen molar-refractivity contribution in [1.82, 2.24) is 10.5 Å². The van der Waals surface area contributed by atoms with Crippen LogP contribution in [0.1, 0.15) is 24.4 Å². The first-order chi connectivity index (χ1) is 10.9. The van der Waals surface area contributed by atoms with Gasteiger partial charge in [-0.1, -0.05) is 0 Å². The standard InChI is InChI=1S/C14H18BrN2O6/c1-21-9-6-7(11(15)14(23-3)13(9)22-2)12-8(17(19)20)4-5-10(18)16-12/h6,8,12,19H,4-5H2,1-3H3,(H,16,18)/q-1. The van der Waals surface area contributed by atoms with Crippen LogP contribution in [0.15, 0.2) is 10.5 Å². The fraction of sp³-hybridized carbons (Fsp3) is 0.500. The molecule has 8 nitrogen and oxygen atoms in total. The Hall–Kier alpha value is -1.55. The number of piperidine rings is 1. The molecule has 2 unspecified atom stereocenters. The molecule has 23 heavy (non-hydrogen) atoms. The summed E-state index contributed by atoms with van der Waals surface area (Å²) in [5.74, 6) is 0.938. The largest absolute Gasteiger partial charge is 0.762 e. The molecule has 0 bridgehead atoms. The molecule has 1 fully saturated rings. The van der Waals surface area contributed by atoms with Gasteiger partial charge in [-0.25, -0.2) is 0 Å². The van der Waals surface area contributed by atoms with E-state index in [9.17, 15) is 15.2 Å². The first-order valence-corrected chi connectivity index (χ1v) is 7.66. The Bertz CT molecular complexity index is 595. The van der Waals surface area contributed by atoms with Gasteiger partial charge in [0.05, 0.1) is 31.8 Å². The van der Waals surface area contributed by atoms with Crippen LogP contribution in [0.5, 0.6) is 17.2 Å². The Kier molecular flexibility index (Phi) is 5.69. The molecule has 0 saturated carbocycles. The van der Waals surface area contributed by atoms with Crippen molar-refractivity contribution in [3.63, 3.8) is 0 Å². The third kappa shape index (κ3) is 3.37. The summed E-state index contributed by atoms with van der Waals surface area (Å²) in [5, 5.41) is 23.4. The smallest absolute Gasteiger partial charge is 0.220 e. The van der Waals surface area contributed by atoms with Crippen LogP contribution < -0.4 is 19.5 Å². The number of hydroxylamine groups is 2. The Balaban J connectivity index is 2.58. The molecule has 1 aliphatic heterocycles. The number of ether oxygens (including phenoxy) is 3. The number of nitrogens with zero attached hydrogens (tertiary/aromatic N) is 1. The highest BCUT2D eigenvalue weighted by atomic mass is 79.9. The summed E-state index contributed by atoms with van der Waals surface area (Å²) in [6.45, 7) is 0. The zero-order valence-electron chi connectivity index (χ0n) is 13.0. The quantitative estimate of drug-likeness (QED) is 0.741. The van der Waals surface area contributed by atoms with Crippen LogP contribution in [0.3, 0.4) is 0 Å². The van der Waals surface area contributed by atoms with Gasteiger partial charge in [0.1, 0.15) is 0 Å². The Morgan fingerprint density at radius 2 is 1.96 bits per heavy atom. The Morgan fingerprint density at radius 1 is 1.30 bits per heavy atom. The fourth-order valence-corrected chi connectivity index (χ4v) is 3.38. The van der Waals surface area contributed by atoms with Crippen molar-refractivity contribution in [3.05, 3.63) is 21.3 Å². The number of benzene rings is 1. The molecule has 2 atom stereocenters. The molecule has 1 aromatic rings. The van der Waals surface area contributed by atoms with Gasteiger partial charge in [0, 0.05) is 12.5 Å². The molecule has 0 spiro atoms. The molecule has 0 aromatic heterocycles. The summed E-state index contributed by atoms with van der Waals surface area (Å²) < 4.78 is 16.4. The van der Waals surface area contributed by atoms with Gasteiger partial charge in [-0.15, -0.1) is 0 Å². The summed E-state index contributed by atoms with van der Waals surface area (Å²) in [6.07, 6.45) is 0.405. The van der Waals surface area contributed by atoms with Gasteiger partial charge in [-0.3, -0.25) is 10.0 Å². The van der Waals surface area contributed by atoms with Gasteiger partial charge in [-0.05, 0) is 34.0 Å². The van der Waals surface area contributed by atoms with Crippen molar-refractivity contribution in [2.45, 2.75) is 24.9 Å². The van der Waals surface area contributed by atoms with E-state index < -0.39 is 12.1 Å². The van der Waals surface area contributed by atoms with Crippen LogP contribution in [0.25, 0.3) is 0 Å². The number of amides is 1. The van der Waals surface area contributed by atoms with Gasteiger partial charge in [0.15, 0.2) is 11.5 Å². The average molecular weight is 390 g/mol. The van der Waals surface area contributed by atoms with Crippen LogP contribution in [0, 0.1) is 5.21 Å². The summed E-state index contributed by atoms with van der Waals surface area (Å²) in [6, 6.07) is 0.103. The van der Waals surface area contributed by atoms with Gasteiger partial charge >= 0.3 is 0 Å². The molecule has 2 rings (SSSR count). The van der Waals surface area contributed by atoms with Crippen molar-refractivity contribution in [2.75, 3.05) is 21.3 Å². The lowest BCUT2D eigenvalue weighted by molar-refractivity contribution is -0.133. The van der Waals surface area contributed by atoms with Crippen LogP contribution in [-0.2, 0) is 4.79 Å². The van der Waals surface area contributed by atoms with Crippen molar-refractivity contribution >= 4 is 21.8 Å². The van der Waals surface area contributed by atoms with E-state index in [4.69, 9.17) is 14.2 Å². The van der Waals surface area contributed by atoms with E-state index in [2.05, 4.69) is 21.2 Å². The number of hydrogen-bond donors (Lipinski definition) is 2. The third-order valence-electron chi connectivity index (χ3n) is 3.78. The maximum Gasteiger partial charge on any atom is 0.220 e. The normalized spacial score (nSPS) is 21.1. The predicted octanol–water partition coefficient (Wildman–Crippen LogP) is 1.98. The number of carbonyl (C=O) groups excluding carboxylic acids is 1. The SMILES string of the molecule is COc1cc(C2NC(=O)CCC2N([O-])O)c(Br)c(OC)c1OC. The maximum absolute atomic E-state index is 11.7. The van der Waals surface area contributed by atoms with E-state index in [-0.39, 0.29) is 24.0 Å². The predicted molar refractivity (Wildman–Crippen MR) is 84.7 cm³/mol. The molecule has 1 amide bonds. The van der Waals surface area contributed by atoms with Crippen molar-refractivity contribution < 1.29 is 24.2 Å². The first kappa shape index (κ1) is 17.8. The first-order valence-electron chi connectivity index (χ1n) is 6.87. The van der Waals surface area contributed by atoms with E-state index in [0.29, 0.717) is 27.3 Å². The molecule has 9 heteroatoms. The van der Waals surface area contributed by atoms with Gasteiger partial charge in [0.2, 0.25) is 11.7 Å². The zero-order chi connectivity index (χ0) is 17.1. The second-order valence-electron chi connectivity index (χ2n) is 5.00. The van der Waals surface area contributed by atoms with Crippen molar-refractivity contribution in [1.29, 1.82) is 0 Å². The maximum atomic E-state index is 11.7. The minimum absolute atomic E-state index is 0.125. The summed E-state index contributed by atoms with van der Waals surface area (Å²) in [4.78, 5) is 11.7. The second-order valence-corrected chi connectivity index (χ2v) is 5.80. The van der Waals surface area contributed by atoms with Crippen LogP contribution in [-0.4, -0.2) is 43.7 Å². The lowest BCUT2D eigenvalue weighted by Crippen LogP contribution is -2.47. The highest BCUT2D eigenvalue weighted by Gasteiger charge is 2.34. The highest BCUT2D eigenvalue weighted by molar-refractivity contribution is 9.10. The third-order valence-corrected chi connectivity index (χ3v) is 4.60. The van der Waals surface area contributed by atoms with Gasteiger partial charge in [-0.2, -0.15) is 0 Å². The zero-order valence-corrected chi connectivity index (χ0v) is 14.5. The number of nitrogens with one attached hydrogen (secondary N) is 1. The second kappa shape index (κ2) is 7.35. The van der Waals surface area contributed by atoms with E-state index in [1.807, 2.05) is 0 Å². The summed E-state index contributed by atoms with van der Waals surface area (Å²) in [5.41, 5.74) is 0.549. The van der Waals surface area contributed by atoms with Gasteiger partial charge in [0.25, 0.3) is 0 Å². The van der Waals surface area contributed by atoms with E-state index in [1.165, 1.54) is 21.3 Å². The molecule has 128 valence electrons. The molecule has 0 radical (unpaired) electrons. The molecule has 1 heterocycles. The number of rotatable bonds is 5. The Morgan fingerprint density at radius 3 is 2.48 bits per heavy atom. The van der Waals surface area contributed by atoms with E-state index >= 15 is 0 Å². The van der Waals surface area contributed by atoms with Crippen LogP contribution in [0.4, 0.5) is 0 Å². The van der Waals surface area contributed by atoms with Crippen molar-refractivity contribution in [3.8, 4) is 17.2 Å². The number of methoxy groups -OCH3 is 3. The average Bonchev–Trinajstić information content (AvgIpc) is 2.53. The molecule has 0 aliphatic carbocycles. The van der Waals surface area contributed by atoms with Crippen molar-refractivity contribution in [2.24, 2.45) is 0 Å². The molecule has 1 aliphatic rings. The molecular weight excluding hydrogens is 372 g/mol. The monoisotopic (exact) mass is 389 g/mol. The summed E-state index contributed by atoms with van der Waals surface area (Å²) >= 11 is 3.41. The lowest BCUT2D eigenvalue weighted by atomic mass is 9.92. The molecular formula is C14H18BrN2O6-. The molecule has 1 saturated heterocycles. The minimum atomic E-state index is -0.813. The number of hydrogen-bond acceptors (Lipinski definition) is 7. The Labute approximate surface area is 142 Å². The van der Waals surface area contributed by atoms with Gasteiger partial charge < -0.3 is 29.9 Å². The number of halogens is 1. The summed E-state index contributed by atoms with van der Waals surface area (Å²) in [7, 11) is 4.41. The minimum Gasteiger partial charge on any atom is -0.762 e.